The van der Waals surface area contributed by atoms with Crippen molar-refractivity contribution in [3.63, 3.8) is 0 Å². The molecule has 1 fully saturated rings. The van der Waals surface area contributed by atoms with E-state index in [1.54, 1.807) is 4.90 Å². The van der Waals surface area contributed by atoms with Crippen LogP contribution in [0.2, 0.25) is 0 Å². The maximum absolute atomic E-state index is 12.6. The topological polar surface area (TPSA) is 38.8 Å². The highest BCUT2D eigenvalue weighted by Crippen LogP contribution is 2.37. The van der Waals surface area contributed by atoms with Crippen LogP contribution >= 0.6 is 0 Å². The first kappa shape index (κ1) is 18.0. The zero-order valence-electron chi connectivity index (χ0n) is 14.6. The molecule has 122 valence electrons. The highest BCUT2D eigenvalue weighted by Gasteiger charge is 2.50. The van der Waals surface area contributed by atoms with Gasteiger partial charge in [-0.15, -0.1) is 6.58 Å². The highest BCUT2D eigenvalue weighted by atomic mass is 16.6. The number of amides is 1. The smallest absolute Gasteiger partial charge is 0.412 e. The van der Waals surface area contributed by atoms with Crippen molar-refractivity contribution in [3.8, 4) is 0 Å². The lowest BCUT2D eigenvalue weighted by Crippen LogP contribution is -2.50. The predicted octanol–water partition coefficient (Wildman–Crippen LogP) is 4.35. The van der Waals surface area contributed by atoms with Crippen molar-refractivity contribution in [2.24, 2.45) is 5.92 Å². The molecule has 0 bridgehead atoms. The number of hydrogen-bond donors (Lipinski definition) is 0. The summed E-state index contributed by atoms with van der Waals surface area (Å²) in [7, 11) is 0. The van der Waals surface area contributed by atoms with E-state index in [0.29, 0.717) is 5.92 Å². The molecule has 2 atom stereocenters. The zero-order chi connectivity index (χ0) is 16.4. The van der Waals surface area contributed by atoms with Gasteiger partial charge in [-0.05, 0) is 53.4 Å². The van der Waals surface area contributed by atoms with E-state index in [0.717, 1.165) is 12.8 Å². The first-order valence-corrected chi connectivity index (χ1v) is 7.79. The minimum atomic E-state index is -0.657. The number of hydrogen-bond acceptors (Lipinski definition) is 3. The predicted molar refractivity (Wildman–Crippen MR) is 85.1 cm³/mol. The molecular weight excluding hydrogens is 266 g/mol. The van der Waals surface area contributed by atoms with Gasteiger partial charge in [0.25, 0.3) is 0 Å². The van der Waals surface area contributed by atoms with Crippen molar-refractivity contribution in [2.75, 3.05) is 0 Å². The Balaban J connectivity index is 3.03. The summed E-state index contributed by atoms with van der Waals surface area (Å²) >= 11 is 0. The summed E-state index contributed by atoms with van der Waals surface area (Å²) in [6, 6.07) is 0.0212. The van der Waals surface area contributed by atoms with Crippen LogP contribution in [0.4, 0.5) is 4.79 Å². The van der Waals surface area contributed by atoms with Crippen molar-refractivity contribution in [1.82, 2.24) is 4.90 Å². The van der Waals surface area contributed by atoms with Gasteiger partial charge in [-0.1, -0.05) is 19.9 Å². The Labute approximate surface area is 129 Å². The van der Waals surface area contributed by atoms with Gasteiger partial charge in [-0.2, -0.15) is 0 Å². The fraction of sp³-hybridized carbons (Fsp3) is 0.824. The summed E-state index contributed by atoms with van der Waals surface area (Å²) in [4.78, 5) is 14.4. The SMILES string of the molecule is C=CC[C@@H]1OC(C)(C)N(C(=O)OC(C)(C)C)[C@H]1CC(C)C. The van der Waals surface area contributed by atoms with Crippen LogP contribution in [-0.4, -0.2) is 34.5 Å². The number of carbonyl (C=O) groups is 1. The number of rotatable bonds is 4. The van der Waals surface area contributed by atoms with Crippen molar-refractivity contribution in [2.45, 2.75) is 84.8 Å². The summed E-state index contributed by atoms with van der Waals surface area (Å²) in [5, 5.41) is 0. The van der Waals surface area contributed by atoms with E-state index < -0.39 is 11.3 Å². The zero-order valence-corrected chi connectivity index (χ0v) is 14.6. The first-order valence-electron chi connectivity index (χ1n) is 7.79. The van der Waals surface area contributed by atoms with Gasteiger partial charge in [0.05, 0.1) is 12.1 Å². The Kier molecular flexibility index (Phi) is 5.48. The summed E-state index contributed by atoms with van der Waals surface area (Å²) in [5.74, 6) is 0.477. The Morgan fingerprint density at radius 1 is 1.43 bits per heavy atom. The normalized spacial score (nSPS) is 25.2. The van der Waals surface area contributed by atoms with E-state index in [4.69, 9.17) is 9.47 Å². The maximum Gasteiger partial charge on any atom is 0.412 e. The Bertz CT molecular complexity index is 382. The molecule has 0 spiro atoms. The lowest BCUT2D eigenvalue weighted by atomic mass is 9.96. The van der Waals surface area contributed by atoms with E-state index in [1.165, 1.54) is 0 Å². The molecule has 1 heterocycles. The molecule has 1 aliphatic rings. The van der Waals surface area contributed by atoms with Crippen molar-refractivity contribution < 1.29 is 14.3 Å². The quantitative estimate of drug-likeness (QED) is 0.724. The van der Waals surface area contributed by atoms with Crippen LogP contribution in [0.15, 0.2) is 12.7 Å². The van der Waals surface area contributed by atoms with Gasteiger partial charge in [-0.3, -0.25) is 4.90 Å². The minimum Gasteiger partial charge on any atom is -0.444 e. The Morgan fingerprint density at radius 3 is 2.43 bits per heavy atom. The first-order chi connectivity index (χ1) is 9.48. The molecule has 0 radical (unpaired) electrons. The molecule has 4 nitrogen and oxygen atoms in total. The third-order valence-electron chi connectivity index (χ3n) is 3.48. The number of ether oxygens (including phenoxy) is 2. The van der Waals surface area contributed by atoms with Crippen LogP contribution < -0.4 is 0 Å². The Morgan fingerprint density at radius 2 is 2.00 bits per heavy atom. The second-order valence-electron chi connectivity index (χ2n) is 7.67. The second kappa shape index (κ2) is 6.39. The van der Waals surface area contributed by atoms with E-state index in [-0.39, 0.29) is 18.2 Å². The molecule has 0 aromatic heterocycles. The summed E-state index contributed by atoms with van der Waals surface area (Å²) in [6.45, 7) is 17.6. The van der Waals surface area contributed by atoms with Crippen LogP contribution in [0.3, 0.4) is 0 Å². The standard InChI is InChI=1S/C17H31NO3/c1-9-10-14-13(11-12(2)3)18(17(7,8)20-14)15(19)21-16(4,5)6/h9,12-14H,1,10-11H2,2-8H3/t13-,14-/m0/s1. The molecule has 0 aliphatic carbocycles. The fourth-order valence-electron chi connectivity index (χ4n) is 2.85. The van der Waals surface area contributed by atoms with Gasteiger partial charge < -0.3 is 9.47 Å². The molecule has 1 aliphatic heterocycles. The van der Waals surface area contributed by atoms with E-state index in [1.807, 2.05) is 40.7 Å². The third-order valence-corrected chi connectivity index (χ3v) is 3.48. The molecule has 0 saturated carbocycles. The van der Waals surface area contributed by atoms with Crippen molar-refractivity contribution >= 4 is 6.09 Å². The van der Waals surface area contributed by atoms with Gasteiger partial charge in [0, 0.05) is 0 Å². The van der Waals surface area contributed by atoms with E-state index >= 15 is 0 Å². The molecule has 0 aromatic carbocycles. The van der Waals surface area contributed by atoms with Crippen LogP contribution in [0.5, 0.6) is 0 Å². The van der Waals surface area contributed by atoms with Gasteiger partial charge in [0.2, 0.25) is 0 Å². The molecule has 21 heavy (non-hydrogen) atoms. The maximum atomic E-state index is 12.6. The largest absolute Gasteiger partial charge is 0.444 e. The van der Waals surface area contributed by atoms with Crippen LogP contribution in [-0.2, 0) is 9.47 Å². The molecule has 0 aromatic rings. The molecule has 1 amide bonds. The lowest BCUT2D eigenvalue weighted by Gasteiger charge is -2.35. The molecule has 4 heteroatoms. The van der Waals surface area contributed by atoms with Gasteiger partial charge in [0.15, 0.2) is 0 Å². The molecular formula is C17H31NO3. The van der Waals surface area contributed by atoms with Crippen molar-refractivity contribution in [3.05, 3.63) is 12.7 Å². The highest BCUT2D eigenvalue weighted by molar-refractivity contribution is 5.70. The lowest BCUT2D eigenvalue weighted by molar-refractivity contribution is -0.0781. The third kappa shape index (κ3) is 4.73. The average Bonchev–Trinajstić information content (AvgIpc) is 2.46. The number of carbonyl (C=O) groups excluding carboxylic acids is 1. The summed E-state index contributed by atoms with van der Waals surface area (Å²) in [6.07, 6.45) is 3.16. The number of nitrogens with zero attached hydrogens (tertiary/aromatic N) is 1. The monoisotopic (exact) mass is 297 g/mol. The summed E-state index contributed by atoms with van der Waals surface area (Å²) < 4.78 is 11.7. The average molecular weight is 297 g/mol. The Hall–Kier alpha value is -1.03. The molecule has 0 unspecified atom stereocenters. The van der Waals surface area contributed by atoms with E-state index in [2.05, 4.69) is 20.4 Å². The van der Waals surface area contributed by atoms with Crippen LogP contribution in [0.1, 0.15) is 61.3 Å². The second-order valence-corrected chi connectivity index (χ2v) is 7.67. The van der Waals surface area contributed by atoms with Gasteiger partial charge in [-0.25, -0.2) is 4.79 Å². The van der Waals surface area contributed by atoms with Crippen molar-refractivity contribution in [1.29, 1.82) is 0 Å². The fourth-order valence-corrected chi connectivity index (χ4v) is 2.85. The summed E-state index contributed by atoms with van der Waals surface area (Å²) in [5.41, 5.74) is -1.17. The van der Waals surface area contributed by atoms with Crippen LogP contribution in [0, 0.1) is 5.92 Å². The van der Waals surface area contributed by atoms with Gasteiger partial charge in [0.1, 0.15) is 11.3 Å². The molecule has 0 N–H and O–H groups in total. The minimum absolute atomic E-state index is 0.0209. The molecule has 1 saturated heterocycles. The molecule has 1 rings (SSSR count). The van der Waals surface area contributed by atoms with Gasteiger partial charge >= 0.3 is 6.09 Å². The van der Waals surface area contributed by atoms with Crippen LogP contribution in [0.25, 0.3) is 0 Å². The van der Waals surface area contributed by atoms with E-state index in [9.17, 15) is 4.79 Å².